The van der Waals surface area contributed by atoms with E-state index in [1.54, 1.807) is 49.4 Å². The molecular formula is C26H26Cl3N3O4S. The zero-order valence-electron chi connectivity index (χ0n) is 20.4. The van der Waals surface area contributed by atoms with Crippen LogP contribution in [0.3, 0.4) is 0 Å². The predicted octanol–water partition coefficient (Wildman–Crippen LogP) is 5.31. The standard InChI is InChI=1S/C26H26Cl3N3O4S/c1-17-4-9-21(10-5-17)32(37(35,36)22-11-7-20(27)8-12-22)16-25(33)31(18(2)26(34)30-3)15-19-6-13-23(28)24(29)14-19/h4-14,18H,15-16H2,1-3H3,(H,30,34)/t18-/m0/s1. The van der Waals surface area contributed by atoms with Gasteiger partial charge in [0.1, 0.15) is 12.6 Å². The minimum absolute atomic E-state index is 0.00698. The first-order valence-corrected chi connectivity index (χ1v) is 13.8. The van der Waals surface area contributed by atoms with Gasteiger partial charge in [-0.15, -0.1) is 0 Å². The number of benzene rings is 3. The Bertz CT molecular complexity index is 1380. The Morgan fingerprint density at radius 1 is 0.919 bits per heavy atom. The summed E-state index contributed by atoms with van der Waals surface area (Å²) in [6.07, 6.45) is 0. The van der Waals surface area contributed by atoms with Crippen LogP contribution < -0.4 is 9.62 Å². The van der Waals surface area contributed by atoms with Gasteiger partial charge in [-0.25, -0.2) is 8.42 Å². The molecular weight excluding hydrogens is 557 g/mol. The fourth-order valence-corrected chi connectivity index (χ4v) is 5.46. The first kappa shape index (κ1) is 28.8. The van der Waals surface area contributed by atoms with Crippen molar-refractivity contribution >= 4 is 62.3 Å². The van der Waals surface area contributed by atoms with Crippen LogP contribution in [0.25, 0.3) is 0 Å². The third-order valence-corrected chi connectivity index (χ3v) is 8.53. The molecule has 0 spiro atoms. The average Bonchev–Trinajstić information content (AvgIpc) is 2.87. The van der Waals surface area contributed by atoms with Crippen LogP contribution in [0.15, 0.2) is 71.6 Å². The molecule has 0 radical (unpaired) electrons. The number of nitrogens with one attached hydrogen (secondary N) is 1. The fraction of sp³-hybridized carbons (Fsp3) is 0.231. The Hall–Kier alpha value is -2.78. The Labute approximate surface area is 232 Å². The zero-order valence-corrected chi connectivity index (χ0v) is 23.5. The minimum atomic E-state index is -4.16. The van der Waals surface area contributed by atoms with Crippen molar-refractivity contribution in [2.45, 2.75) is 31.3 Å². The molecule has 0 aliphatic carbocycles. The number of amides is 2. The van der Waals surface area contributed by atoms with Gasteiger partial charge in [-0.3, -0.25) is 13.9 Å². The third kappa shape index (κ3) is 6.96. The molecule has 3 rings (SSSR count). The highest BCUT2D eigenvalue weighted by Gasteiger charge is 2.32. The molecule has 3 aromatic carbocycles. The van der Waals surface area contributed by atoms with Gasteiger partial charge in [0.2, 0.25) is 11.8 Å². The molecule has 0 bridgehead atoms. The molecule has 3 aromatic rings. The molecule has 0 aliphatic rings. The minimum Gasteiger partial charge on any atom is -0.357 e. The largest absolute Gasteiger partial charge is 0.357 e. The Morgan fingerprint density at radius 2 is 1.54 bits per heavy atom. The van der Waals surface area contributed by atoms with E-state index in [-0.39, 0.29) is 11.4 Å². The number of halogens is 3. The Kier molecular flexibility index (Phi) is 9.47. The van der Waals surface area contributed by atoms with E-state index < -0.39 is 34.4 Å². The highest BCUT2D eigenvalue weighted by molar-refractivity contribution is 7.92. The van der Waals surface area contributed by atoms with Gasteiger partial charge >= 0.3 is 0 Å². The highest BCUT2D eigenvalue weighted by atomic mass is 35.5. The number of anilines is 1. The maximum Gasteiger partial charge on any atom is 0.264 e. The van der Waals surface area contributed by atoms with E-state index in [2.05, 4.69) is 5.32 Å². The van der Waals surface area contributed by atoms with Crippen LogP contribution >= 0.6 is 34.8 Å². The molecule has 7 nitrogen and oxygen atoms in total. The van der Waals surface area contributed by atoms with Crippen LogP contribution in [0.4, 0.5) is 5.69 Å². The second kappa shape index (κ2) is 12.2. The molecule has 0 saturated carbocycles. The van der Waals surface area contributed by atoms with Crippen LogP contribution in [-0.2, 0) is 26.2 Å². The summed E-state index contributed by atoms with van der Waals surface area (Å²) in [5.74, 6) is -0.990. The normalized spacial score (nSPS) is 12.1. The lowest BCUT2D eigenvalue weighted by atomic mass is 10.1. The number of aryl methyl sites for hydroxylation is 1. The summed E-state index contributed by atoms with van der Waals surface area (Å²) in [5.41, 5.74) is 1.85. The molecule has 0 heterocycles. The maximum absolute atomic E-state index is 13.7. The molecule has 0 saturated heterocycles. The number of sulfonamides is 1. The van der Waals surface area contributed by atoms with Crippen LogP contribution in [0.5, 0.6) is 0 Å². The Morgan fingerprint density at radius 3 is 2.11 bits per heavy atom. The van der Waals surface area contributed by atoms with Gasteiger partial charge in [0, 0.05) is 18.6 Å². The van der Waals surface area contributed by atoms with Crippen molar-refractivity contribution in [3.63, 3.8) is 0 Å². The van der Waals surface area contributed by atoms with E-state index in [1.807, 2.05) is 6.92 Å². The van der Waals surface area contributed by atoms with Gasteiger partial charge in [0.25, 0.3) is 10.0 Å². The van der Waals surface area contributed by atoms with Crippen LogP contribution in [-0.4, -0.2) is 44.8 Å². The van der Waals surface area contributed by atoms with Crippen LogP contribution in [0.1, 0.15) is 18.1 Å². The molecule has 0 unspecified atom stereocenters. The van der Waals surface area contributed by atoms with Crippen LogP contribution in [0, 0.1) is 6.92 Å². The van der Waals surface area contributed by atoms with E-state index >= 15 is 0 Å². The average molecular weight is 583 g/mol. The number of hydrogen-bond acceptors (Lipinski definition) is 4. The SMILES string of the molecule is CNC(=O)[C@H](C)N(Cc1ccc(Cl)c(Cl)c1)C(=O)CN(c1ccc(C)cc1)S(=O)(=O)c1ccc(Cl)cc1. The van der Waals surface area contributed by atoms with Crippen molar-refractivity contribution in [1.82, 2.24) is 10.2 Å². The number of rotatable bonds is 9. The summed E-state index contributed by atoms with van der Waals surface area (Å²) in [6.45, 7) is 2.90. The van der Waals surface area contributed by atoms with E-state index in [0.717, 1.165) is 9.87 Å². The molecule has 1 N–H and O–H groups in total. The summed E-state index contributed by atoms with van der Waals surface area (Å²) in [5, 5.41) is 3.56. The van der Waals surface area contributed by atoms with Crippen molar-refractivity contribution in [3.8, 4) is 0 Å². The van der Waals surface area contributed by atoms with Gasteiger partial charge in [-0.2, -0.15) is 0 Å². The molecule has 2 amide bonds. The van der Waals surface area contributed by atoms with Gasteiger partial charge in [0.15, 0.2) is 0 Å². The lowest BCUT2D eigenvalue weighted by molar-refractivity contribution is -0.139. The summed E-state index contributed by atoms with van der Waals surface area (Å²) in [4.78, 5) is 27.5. The van der Waals surface area contributed by atoms with Crippen molar-refractivity contribution in [3.05, 3.63) is 92.9 Å². The maximum atomic E-state index is 13.7. The molecule has 0 fully saturated rings. The third-order valence-electron chi connectivity index (χ3n) is 5.75. The smallest absolute Gasteiger partial charge is 0.264 e. The lowest BCUT2D eigenvalue weighted by Gasteiger charge is -2.32. The molecule has 11 heteroatoms. The van der Waals surface area contributed by atoms with Crippen molar-refractivity contribution in [2.24, 2.45) is 0 Å². The molecule has 0 aromatic heterocycles. The van der Waals surface area contributed by atoms with Crippen molar-refractivity contribution in [1.29, 1.82) is 0 Å². The monoisotopic (exact) mass is 581 g/mol. The summed E-state index contributed by atoms with van der Waals surface area (Å²) >= 11 is 18.1. The first-order chi connectivity index (χ1) is 17.4. The number of carbonyl (C=O) groups is 2. The lowest BCUT2D eigenvalue weighted by Crippen LogP contribution is -2.50. The van der Waals surface area contributed by atoms with E-state index in [1.165, 1.54) is 36.2 Å². The summed E-state index contributed by atoms with van der Waals surface area (Å²) < 4.78 is 28.4. The van der Waals surface area contributed by atoms with Crippen molar-refractivity contribution < 1.29 is 18.0 Å². The van der Waals surface area contributed by atoms with E-state index in [4.69, 9.17) is 34.8 Å². The molecule has 0 aliphatic heterocycles. The van der Waals surface area contributed by atoms with E-state index in [0.29, 0.717) is 26.3 Å². The summed E-state index contributed by atoms with van der Waals surface area (Å²) in [7, 11) is -2.70. The number of carbonyl (C=O) groups excluding carboxylic acids is 2. The van der Waals surface area contributed by atoms with Gasteiger partial charge in [0.05, 0.1) is 20.6 Å². The van der Waals surface area contributed by atoms with Gasteiger partial charge in [-0.05, 0) is 67.9 Å². The highest BCUT2D eigenvalue weighted by Crippen LogP contribution is 2.27. The molecule has 37 heavy (non-hydrogen) atoms. The topological polar surface area (TPSA) is 86.8 Å². The quantitative estimate of drug-likeness (QED) is 0.370. The first-order valence-electron chi connectivity index (χ1n) is 11.2. The second-order valence-corrected chi connectivity index (χ2v) is 11.5. The van der Waals surface area contributed by atoms with Gasteiger partial charge < -0.3 is 10.2 Å². The number of hydrogen-bond donors (Lipinski definition) is 1. The molecule has 1 atom stereocenters. The Balaban J connectivity index is 2.03. The second-order valence-electron chi connectivity index (χ2n) is 8.36. The van der Waals surface area contributed by atoms with Gasteiger partial charge in [-0.1, -0.05) is 58.6 Å². The van der Waals surface area contributed by atoms with Crippen molar-refractivity contribution in [2.75, 3.05) is 17.9 Å². The predicted molar refractivity (Wildman–Crippen MR) is 148 cm³/mol. The van der Waals surface area contributed by atoms with Crippen LogP contribution in [0.2, 0.25) is 15.1 Å². The summed E-state index contributed by atoms with van der Waals surface area (Å²) in [6, 6.07) is 16.4. The molecule has 196 valence electrons. The number of likely N-dealkylation sites (N-methyl/N-ethyl adjacent to an activating group) is 1. The fourth-order valence-electron chi connectivity index (χ4n) is 3.60. The number of nitrogens with zero attached hydrogens (tertiary/aromatic N) is 2. The zero-order chi connectivity index (χ0) is 27.3. The van der Waals surface area contributed by atoms with E-state index in [9.17, 15) is 18.0 Å².